The third-order valence-electron chi connectivity index (χ3n) is 2.79. The first-order valence-corrected chi connectivity index (χ1v) is 7.73. The van der Waals surface area contributed by atoms with E-state index in [-0.39, 0.29) is 5.75 Å². The summed E-state index contributed by atoms with van der Waals surface area (Å²) in [6.45, 7) is 2.01. The standard InChI is InChI=1S/C13H13BrIN3O2/c1-3-8-10(15)12(16)18-13(17-8)6-4-7(14)11(19)9(5-6)20-2/h4-5,19H,3H2,1-2H3,(H2,16,17,18). The third-order valence-corrected chi connectivity index (χ3v) is 4.57. The SMILES string of the molecule is CCc1nc(-c2cc(Br)c(O)c(OC)c2)nc(N)c1I. The molecule has 106 valence electrons. The van der Waals surface area contributed by atoms with E-state index in [1.807, 2.05) is 6.92 Å². The van der Waals surface area contributed by atoms with Gasteiger partial charge < -0.3 is 15.6 Å². The minimum Gasteiger partial charge on any atom is -0.503 e. The Balaban J connectivity index is 2.62. The highest BCUT2D eigenvalue weighted by Gasteiger charge is 2.14. The molecule has 0 aliphatic carbocycles. The fraction of sp³-hybridized carbons (Fsp3) is 0.231. The number of ether oxygens (including phenoxy) is 1. The number of nitrogen functional groups attached to an aromatic ring is 1. The van der Waals surface area contributed by atoms with Crippen molar-refractivity contribution in [1.82, 2.24) is 9.97 Å². The molecule has 2 rings (SSSR count). The number of phenols is 1. The molecule has 0 unspecified atom stereocenters. The Morgan fingerprint density at radius 1 is 1.40 bits per heavy atom. The number of aromatic hydroxyl groups is 1. The van der Waals surface area contributed by atoms with Crippen molar-refractivity contribution < 1.29 is 9.84 Å². The highest BCUT2D eigenvalue weighted by molar-refractivity contribution is 14.1. The minimum absolute atomic E-state index is 0.0467. The molecule has 0 spiro atoms. The number of methoxy groups -OCH3 is 1. The van der Waals surface area contributed by atoms with Crippen molar-refractivity contribution in [3.05, 3.63) is 25.9 Å². The van der Waals surface area contributed by atoms with Crippen LogP contribution in [0.4, 0.5) is 5.82 Å². The molecule has 0 bridgehead atoms. The van der Waals surface area contributed by atoms with E-state index in [4.69, 9.17) is 10.5 Å². The normalized spacial score (nSPS) is 10.6. The summed E-state index contributed by atoms with van der Waals surface area (Å²) >= 11 is 5.43. The van der Waals surface area contributed by atoms with E-state index < -0.39 is 0 Å². The lowest BCUT2D eigenvalue weighted by Crippen LogP contribution is -2.04. The van der Waals surface area contributed by atoms with Crippen molar-refractivity contribution >= 4 is 44.3 Å². The Morgan fingerprint density at radius 2 is 2.10 bits per heavy atom. The Kier molecular flexibility index (Phi) is 4.69. The van der Waals surface area contributed by atoms with Gasteiger partial charge in [-0.15, -0.1) is 0 Å². The molecular weight excluding hydrogens is 437 g/mol. The molecule has 2 aromatic rings. The van der Waals surface area contributed by atoms with E-state index in [9.17, 15) is 5.11 Å². The van der Waals surface area contributed by atoms with Crippen LogP contribution in [0.2, 0.25) is 0 Å². The number of aromatic nitrogens is 2. The summed E-state index contributed by atoms with van der Waals surface area (Å²) in [7, 11) is 1.49. The molecule has 0 atom stereocenters. The van der Waals surface area contributed by atoms with Crippen LogP contribution in [0.15, 0.2) is 16.6 Å². The highest BCUT2D eigenvalue weighted by Crippen LogP contribution is 2.38. The smallest absolute Gasteiger partial charge is 0.172 e. The lowest BCUT2D eigenvalue weighted by Gasteiger charge is -2.10. The molecule has 5 nitrogen and oxygen atoms in total. The van der Waals surface area contributed by atoms with Crippen LogP contribution in [0.3, 0.4) is 0 Å². The lowest BCUT2D eigenvalue weighted by molar-refractivity contribution is 0.372. The summed E-state index contributed by atoms with van der Waals surface area (Å²) < 4.78 is 6.52. The van der Waals surface area contributed by atoms with Gasteiger partial charge in [-0.05, 0) is 57.1 Å². The summed E-state index contributed by atoms with van der Waals surface area (Å²) in [4.78, 5) is 8.81. The van der Waals surface area contributed by atoms with E-state index in [0.29, 0.717) is 21.9 Å². The molecule has 0 fully saturated rings. The Bertz CT molecular complexity index is 607. The molecule has 20 heavy (non-hydrogen) atoms. The van der Waals surface area contributed by atoms with Gasteiger partial charge in [-0.3, -0.25) is 0 Å². The molecule has 1 aromatic carbocycles. The molecule has 7 heteroatoms. The van der Waals surface area contributed by atoms with Crippen LogP contribution in [-0.4, -0.2) is 22.2 Å². The van der Waals surface area contributed by atoms with Gasteiger partial charge in [-0.2, -0.15) is 0 Å². The van der Waals surface area contributed by atoms with Gasteiger partial charge in [0.2, 0.25) is 0 Å². The van der Waals surface area contributed by atoms with E-state index in [1.54, 1.807) is 12.1 Å². The second kappa shape index (κ2) is 6.13. The number of hydrogen-bond acceptors (Lipinski definition) is 5. The molecule has 0 radical (unpaired) electrons. The predicted octanol–water partition coefficient (Wildman–Crippen LogP) is 3.37. The van der Waals surface area contributed by atoms with Crippen molar-refractivity contribution in [1.29, 1.82) is 0 Å². The second-order valence-electron chi connectivity index (χ2n) is 4.06. The van der Waals surface area contributed by atoms with Crippen molar-refractivity contribution in [2.75, 3.05) is 12.8 Å². The summed E-state index contributed by atoms with van der Waals surface area (Å²) in [6, 6.07) is 3.42. The van der Waals surface area contributed by atoms with Gasteiger partial charge in [0.25, 0.3) is 0 Å². The van der Waals surface area contributed by atoms with Gasteiger partial charge in [0, 0.05) is 5.56 Å². The first-order chi connectivity index (χ1) is 9.47. The van der Waals surface area contributed by atoms with Crippen LogP contribution < -0.4 is 10.5 Å². The van der Waals surface area contributed by atoms with Crippen LogP contribution in [0, 0.1) is 3.57 Å². The van der Waals surface area contributed by atoms with Crippen LogP contribution >= 0.6 is 38.5 Å². The maximum atomic E-state index is 9.83. The van der Waals surface area contributed by atoms with Gasteiger partial charge in [-0.1, -0.05) is 6.92 Å². The Morgan fingerprint density at radius 3 is 2.70 bits per heavy atom. The summed E-state index contributed by atoms with van der Waals surface area (Å²) in [5.74, 6) is 1.37. The number of halogens is 2. The molecule has 0 saturated carbocycles. The predicted molar refractivity (Wildman–Crippen MR) is 89.9 cm³/mol. The quantitative estimate of drug-likeness (QED) is 0.702. The molecule has 0 aliphatic heterocycles. The topological polar surface area (TPSA) is 81.3 Å². The number of nitrogens with two attached hydrogens (primary N) is 1. The van der Waals surface area contributed by atoms with E-state index in [2.05, 4.69) is 48.5 Å². The molecule has 1 heterocycles. The van der Waals surface area contributed by atoms with Gasteiger partial charge in [-0.25, -0.2) is 9.97 Å². The minimum atomic E-state index is 0.0467. The van der Waals surface area contributed by atoms with E-state index >= 15 is 0 Å². The van der Waals surface area contributed by atoms with Gasteiger partial charge >= 0.3 is 0 Å². The van der Waals surface area contributed by atoms with Gasteiger partial charge in [0.1, 0.15) is 5.82 Å². The van der Waals surface area contributed by atoms with Crippen LogP contribution in [-0.2, 0) is 6.42 Å². The zero-order chi connectivity index (χ0) is 14.9. The van der Waals surface area contributed by atoms with Crippen LogP contribution in [0.5, 0.6) is 11.5 Å². The number of benzene rings is 1. The average molecular weight is 450 g/mol. The molecule has 3 N–H and O–H groups in total. The summed E-state index contributed by atoms with van der Waals surface area (Å²) in [5.41, 5.74) is 7.55. The monoisotopic (exact) mass is 449 g/mol. The molecule has 1 aromatic heterocycles. The number of phenolic OH excluding ortho intramolecular Hbond substituents is 1. The Hall–Kier alpha value is -1.09. The zero-order valence-corrected chi connectivity index (χ0v) is 14.7. The van der Waals surface area contributed by atoms with E-state index in [1.165, 1.54) is 7.11 Å². The van der Waals surface area contributed by atoms with Gasteiger partial charge in [0.05, 0.1) is 20.8 Å². The average Bonchev–Trinajstić information content (AvgIpc) is 2.44. The number of rotatable bonds is 3. The van der Waals surface area contributed by atoms with Crippen LogP contribution in [0.25, 0.3) is 11.4 Å². The van der Waals surface area contributed by atoms with Crippen molar-refractivity contribution in [3.63, 3.8) is 0 Å². The number of aryl methyl sites for hydroxylation is 1. The maximum absolute atomic E-state index is 9.83. The first kappa shape index (κ1) is 15.3. The lowest BCUT2D eigenvalue weighted by atomic mass is 10.1. The molecule has 0 saturated heterocycles. The molecular formula is C13H13BrIN3O2. The fourth-order valence-electron chi connectivity index (χ4n) is 1.73. The maximum Gasteiger partial charge on any atom is 0.172 e. The second-order valence-corrected chi connectivity index (χ2v) is 5.99. The van der Waals surface area contributed by atoms with E-state index in [0.717, 1.165) is 21.2 Å². The zero-order valence-electron chi connectivity index (χ0n) is 10.9. The number of anilines is 1. The van der Waals surface area contributed by atoms with Crippen molar-refractivity contribution in [3.8, 4) is 22.9 Å². The molecule has 0 amide bonds. The number of nitrogens with zero attached hydrogens (tertiary/aromatic N) is 2. The Labute approximate surface area is 138 Å². The van der Waals surface area contributed by atoms with Gasteiger partial charge in [0.15, 0.2) is 17.3 Å². The number of hydrogen-bond donors (Lipinski definition) is 2. The van der Waals surface area contributed by atoms with Crippen molar-refractivity contribution in [2.24, 2.45) is 0 Å². The first-order valence-electron chi connectivity index (χ1n) is 5.86. The van der Waals surface area contributed by atoms with Crippen LogP contribution in [0.1, 0.15) is 12.6 Å². The largest absolute Gasteiger partial charge is 0.503 e. The van der Waals surface area contributed by atoms with Crippen molar-refractivity contribution in [2.45, 2.75) is 13.3 Å². The summed E-state index contributed by atoms with van der Waals surface area (Å²) in [6.07, 6.45) is 0.772. The third kappa shape index (κ3) is 2.83. The fourth-order valence-corrected chi connectivity index (χ4v) is 2.80. The summed E-state index contributed by atoms with van der Waals surface area (Å²) in [5, 5.41) is 9.83. The molecule has 0 aliphatic rings. The highest BCUT2D eigenvalue weighted by atomic mass is 127.